The molecule has 0 unspecified atom stereocenters. The molecule has 1 saturated heterocycles. The van der Waals surface area contributed by atoms with Gasteiger partial charge in [-0.1, -0.05) is 17.7 Å². The van der Waals surface area contributed by atoms with Gasteiger partial charge in [0.05, 0.1) is 47.1 Å². The first-order chi connectivity index (χ1) is 19.3. The quantitative estimate of drug-likeness (QED) is 0.257. The fraction of sp³-hybridized carbons (Fsp3) is 0.231. The largest absolute Gasteiger partial charge is 0.491 e. The third-order valence-electron chi connectivity index (χ3n) is 6.65. The number of aromatic amines is 2. The zero-order valence-corrected chi connectivity index (χ0v) is 22.9. The zero-order valence-electron chi connectivity index (χ0n) is 21.3. The van der Waals surface area contributed by atoms with Gasteiger partial charge in [0, 0.05) is 30.9 Å². The first-order valence-electron chi connectivity index (χ1n) is 12.4. The lowest BCUT2D eigenvalue weighted by Gasteiger charge is -2.26. The van der Waals surface area contributed by atoms with E-state index < -0.39 is 15.7 Å². The van der Waals surface area contributed by atoms with Crippen LogP contribution in [-0.4, -0.2) is 75.2 Å². The number of fused-ring (bicyclic) bond motifs is 1. The summed E-state index contributed by atoms with van der Waals surface area (Å²) in [5.74, 6) is 1.17. The molecule has 0 radical (unpaired) electrons. The summed E-state index contributed by atoms with van der Waals surface area (Å²) in [6, 6.07) is 10.1. The summed E-state index contributed by atoms with van der Waals surface area (Å²) < 4.78 is 43.4. The van der Waals surface area contributed by atoms with Gasteiger partial charge in [0.2, 0.25) is 0 Å². The topological polar surface area (TPSA) is 142 Å². The van der Waals surface area contributed by atoms with Gasteiger partial charge in [0.15, 0.2) is 38.7 Å². The van der Waals surface area contributed by atoms with Crippen molar-refractivity contribution in [3.8, 4) is 28.7 Å². The van der Waals surface area contributed by atoms with Gasteiger partial charge in [-0.2, -0.15) is 5.10 Å². The van der Waals surface area contributed by atoms with Crippen LogP contribution in [0.15, 0.2) is 48.8 Å². The van der Waals surface area contributed by atoms with Crippen LogP contribution in [0.25, 0.3) is 33.9 Å². The number of hydrogen-bond donors (Lipinski definition) is 3. The van der Waals surface area contributed by atoms with E-state index in [9.17, 15) is 12.8 Å². The minimum Gasteiger partial charge on any atom is -0.491 e. The number of methoxy groups -OCH3 is 1. The molecule has 11 nitrogen and oxygen atoms in total. The number of nitrogens with zero attached hydrogens (tertiary/aromatic N) is 5. The molecule has 1 aliphatic heterocycles. The molecule has 6 rings (SSSR count). The lowest BCUT2D eigenvalue weighted by molar-refractivity contribution is 0.288. The highest BCUT2D eigenvalue weighted by Crippen LogP contribution is 2.33. The highest BCUT2D eigenvalue weighted by molar-refractivity contribution is 7.91. The van der Waals surface area contributed by atoms with E-state index in [0.717, 1.165) is 16.6 Å². The molecule has 4 heterocycles. The SMILES string of the molecule is COc1cnc(-c2cc(Cl)ccc2F)nc1Nc1c[nH]nc1-c1nc2cc(CN3CCS(=O)(=O)CC3)ccc2[nH]1. The minimum absolute atomic E-state index is 0.135. The van der Waals surface area contributed by atoms with Crippen molar-refractivity contribution in [1.29, 1.82) is 0 Å². The summed E-state index contributed by atoms with van der Waals surface area (Å²) in [6.45, 7) is 1.69. The number of ether oxygens (including phenoxy) is 1. The Hall–Kier alpha value is -4.07. The Morgan fingerprint density at radius 3 is 2.77 bits per heavy atom. The number of benzene rings is 2. The van der Waals surface area contributed by atoms with Gasteiger partial charge in [-0.25, -0.2) is 27.8 Å². The predicted octanol–water partition coefficient (Wildman–Crippen LogP) is 4.19. The molecule has 1 fully saturated rings. The van der Waals surface area contributed by atoms with Gasteiger partial charge in [-0.3, -0.25) is 10.00 Å². The van der Waals surface area contributed by atoms with Crippen molar-refractivity contribution in [2.45, 2.75) is 6.54 Å². The monoisotopic (exact) mass is 582 g/mol. The van der Waals surface area contributed by atoms with Crippen LogP contribution in [-0.2, 0) is 16.4 Å². The van der Waals surface area contributed by atoms with Crippen molar-refractivity contribution in [3.05, 3.63) is 65.2 Å². The lowest BCUT2D eigenvalue weighted by Crippen LogP contribution is -2.39. The molecule has 2 aromatic carbocycles. The molecule has 206 valence electrons. The number of rotatable bonds is 7. The number of H-pyrrole nitrogens is 2. The molecule has 1 aliphatic rings. The van der Waals surface area contributed by atoms with Crippen LogP contribution in [0.2, 0.25) is 5.02 Å². The summed E-state index contributed by atoms with van der Waals surface area (Å²) in [6.07, 6.45) is 3.10. The molecule has 0 spiro atoms. The Kier molecular flexibility index (Phi) is 6.86. The number of anilines is 2. The van der Waals surface area contributed by atoms with Crippen LogP contribution in [0.5, 0.6) is 5.75 Å². The van der Waals surface area contributed by atoms with Gasteiger partial charge >= 0.3 is 0 Å². The second kappa shape index (κ2) is 10.5. The van der Waals surface area contributed by atoms with Gasteiger partial charge in [0.1, 0.15) is 5.82 Å². The second-order valence-corrected chi connectivity index (χ2v) is 12.1. The Balaban J connectivity index is 1.27. The molecule has 0 amide bonds. The Labute approximate surface area is 233 Å². The van der Waals surface area contributed by atoms with Gasteiger partial charge in [0.25, 0.3) is 0 Å². The van der Waals surface area contributed by atoms with E-state index in [1.165, 1.54) is 31.5 Å². The average Bonchev–Trinajstić information content (AvgIpc) is 3.57. The minimum atomic E-state index is -2.93. The van der Waals surface area contributed by atoms with Crippen molar-refractivity contribution in [2.75, 3.05) is 37.0 Å². The molecule has 0 aliphatic carbocycles. The third-order valence-corrected chi connectivity index (χ3v) is 8.50. The molecule has 5 aromatic rings. The third kappa shape index (κ3) is 5.35. The molecule has 14 heteroatoms. The van der Waals surface area contributed by atoms with Crippen LogP contribution >= 0.6 is 11.6 Å². The fourth-order valence-corrected chi connectivity index (χ4v) is 5.98. The zero-order chi connectivity index (χ0) is 27.9. The van der Waals surface area contributed by atoms with E-state index in [1.807, 2.05) is 18.2 Å². The average molecular weight is 583 g/mol. The maximum atomic E-state index is 14.5. The van der Waals surface area contributed by atoms with E-state index >= 15 is 0 Å². The molecule has 3 aromatic heterocycles. The van der Waals surface area contributed by atoms with Crippen molar-refractivity contribution in [2.24, 2.45) is 0 Å². The molecular weight excluding hydrogens is 559 g/mol. The Morgan fingerprint density at radius 1 is 1.15 bits per heavy atom. The number of sulfone groups is 1. The number of halogens is 2. The standard InChI is InChI=1S/C26H24ClFN8O3S/c1-39-22-13-29-24(17-11-16(27)3-4-18(17)28)34-25(22)33-21-12-30-35-23(21)26-31-19-5-2-15(10-20(19)32-26)14-36-6-8-40(37,38)9-7-36/h2-5,10-13H,6-9,14H2,1H3,(H,30,35)(H,31,32)(H,29,33,34). The molecule has 3 N–H and O–H groups in total. The van der Waals surface area contributed by atoms with E-state index in [4.69, 9.17) is 21.3 Å². The molecule has 40 heavy (non-hydrogen) atoms. The van der Waals surface area contributed by atoms with E-state index in [1.54, 1.807) is 6.20 Å². The van der Waals surface area contributed by atoms with E-state index in [0.29, 0.717) is 53.4 Å². The molecular formula is C26H24ClFN8O3S. The van der Waals surface area contributed by atoms with Crippen LogP contribution in [0.4, 0.5) is 15.9 Å². The van der Waals surface area contributed by atoms with Crippen LogP contribution in [0.3, 0.4) is 0 Å². The smallest absolute Gasteiger partial charge is 0.179 e. The van der Waals surface area contributed by atoms with E-state index in [-0.39, 0.29) is 22.9 Å². The van der Waals surface area contributed by atoms with Crippen LogP contribution in [0, 0.1) is 5.82 Å². The maximum Gasteiger partial charge on any atom is 0.179 e. The number of nitrogens with one attached hydrogen (secondary N) is 3. The number of hydrogen-bond acceptors (Lipinski definition) is 9. The van der Waals surface area contributed by atoms with Gasteiger partial charge in [-0.05, 0) is 35.9 Å². The Morgan fingerprint density at radius 2 is 1.98 bits per heavy atom. The molecule has 0 atom stereocenters. The van der Waals surface area contributed by atoms with Crippen molar-refractivity contribution >= 4 is 44.0 Å². The first-order valence-corrected chi connectivity index (χ1v) is 14.6. The number of imidazole rings is 1. The lowest BCUT2D eigenvalue weighted by atomic mass is 10.2. The summed E-state index contributed by atoms with van der Waals surface area (Å²) in [7, 11) is -1.44. The summed E-state index contributed by atoms with van der Waals surface area (Å²) >= 11 is 6.06. The highest BCUT2D eigenvalue weighted by atomic mass is 35.5. The van der Waals surface area contributed by atoms with E-state index in [2.05, 4.69) is 35.4 Å². The van der Waals surface area contributed by atoms with Gasteiger partial charge < -0.3 is 15.0 Å². The first kappa shape index (κ1) is 26.2. The summed E-state index contributed by atoms with van der Waals surface area (Å²) in [5.41, 5.74) is 3.84. The van der Waals surface area contributed by atoms with Crippen LogP contribution < -0.4 is 10.1 Å². The molecule has 0 bridgehead atoms. The van der Waals surface area contributed by atoms with Crippen molar-refractivity contribution in [1.82, 2.24) is 35.0 Å². The number of aromatic nitrogens is 6. The normalized spacial score (nSPS) is 15.4. The predicted molar refractivity (Wildman–Crippen MR) is 150 cm³/mol. The second-order valence-electron chi connectivity index (χ2n) is 9.37. The van der Waals surface area contributed by atoms with Crippen molar-refractivity contribution in [3.63, 3.8) is 0 Å². The summed E-state index contributed by atoms with van der Waals surface area (Å²) in [4.78, 5) is 18.9. The summed E-state index contributed by atoms with van der Waals surface area (Å²) in [5, 5.41) is 10.8. The highest BCUT2D eigenvalue weighted by Gasteiger charge is 2.22. The molecule has 0 saturated carbocycles. The maximum absolute atomic E-state index is 14.5. The van der Waals surface area contributed by atoms with Gasteiger partial charge in [-0.15, -0.1) is 0 Å². The Bertz CT molecular complexity index is 1810. The van der Waals surface area contributed by atoms with Crippen LogP contribution in [0.1, 0.15) is 5.56 Å². The van der Waals surface area contributed by atoms with Crippen molar-refractivity contribution < 1.29 is 17.5 Å². The fourth-order valence-electron chi connectivity index (χ4n) is 4.53.